The second-order valence-corrected chi connectivity index (χ2v) is 8.52. The fraction of sp³-hybridized carbons (Fsp3) is 0.0769. The molecule has 0 bridgehead atoms. The van der Waals surface area contributed by atoms with Crippen molar-refractivity contribution in [1.82, 2.24) is 0 Å². The van der Waals surface area contributed by atoms with Gasteiger partial charge in [0, 0.05) is 10.7 Å². The quantitative estimate of drug-likeness (QED) is 0.795. The first kappa shape index (κ1) is 15.8. The predicted octanol–water partition coefficient (Wildman–Crippen LogP) is 2.46. The van der Waals surface area contributed by atoms with Gasteiger partial charge in [0.25, 0.3) is 9.05 Å². The van der Waals surface area contributed by atoms with Gasteiger partial charge in [0.1, 0.15) is 10.6 Å². The summed E-state index contributed by atoms with van der Waals surface area (Å²) in [6.45, 7) is 0. The van der Waals surface area contributed by atoms with Crippen molar-refractivity contribution in [2.45, 2.75) is 14.7 Å². The van der Waals surface area contributed by atoms with Gasteiger partial charge in [-0.05, 0) is 36.4 Å². The highest BCUT2D eigenvalue weighted by Crippen LogP contribution is 2.29. The van der Waals surface area contributed by atoms with Crippen LogP contribution in [0.5, 0.6) is 5.75 Å². The van der Waals surface area contributed by atoms with Crippen LogP contribution in [-0.2, 0) is 18.9 Å². The highest BCUT2D eigenvalue weighted by molar-refractivity contribution is 8.14. The molecule has 0 saturated carbocycles. The van der Waals surface area contributed by atoms with E-state index in [1.165, 1.54) is 49.6 Å². The van der Waals surface area contributed by atoms with Crippen LogP contribution in [-0.4, -0.2) is 23.9 Å². The van der Waals surface area contributed by atoms with Crippen molar-refractivity contribution in [2.24, 2.45) is 0 Å². The minimum absolute atomic E-state index is 0.0453. The van der Waals surface area contributed by atoms with E-state index in [-0.39, 0.29) is 9.79 Å². The van der Waals surface area contributed by atoms with E-state index >= 15 is 0 Å². The molecule has 0 spiro atoms. The van der Waals surface area contributed by atoms with Crippen LogP contribution < -0.4 is 4.74 Å². The van der Waals surface area contributed by atoms with Crippen molar-refractivity contribution >= 4 is 29.6 Å². The number of rotatable bonds is 4. The van der Waals surface area contributed by atoms with Gasteiger partial charge >= 0.3 is 0 Å². The average Bonchev–Trinajstić information content (AvgIpc) is 2.46. The SMILES string of the molecule is COc1ccc(S(=O)(=O)c2ccccc2S(=O)(=O)Cl)cc1. The van der Waals surface area contributed by atoms with Crippen molar-refractivity contribution < 1.29 is 21.6 Å². The Labute approximate surface area is 127 Å². The smallest absolute Gasteiger partial charge is 0.262 e. The van der Waals surface area contributed by atoms with Crippen molar-refractivity contribution in [3.8, 4) is 5.75 Å². The summed E-state index contributed by atoms with van der Waals surface area (Å²) in [6.07, 6.45) is 0. The molecule has 2 aromatic rings. The zero-order valence-electron chi connectivity index (χ0n) is 10.9. The zero-order valence-corrected chi connectivity index (χ0v) is 13.2. The van der Waals surface area contributed by atoms with E-state index in [1.807, 2.05) is 0 Å². The standard InChI is InChI=1S/C13H11ClO5S2/c1-19-10-6-8-11(9-7-10)20(15,16)12-4-2-3-5-13(12)21(14,17)18/h2-9H,1H3. The first-order valence-corrected chi connectivity index (χ1v) is 9.49. The lowest BCUT2D eigenvalue weighted by Gasteiger charge is -2.09. The largest absolute Gasteiger partial charge is 0.497 e. The normalized spacial score (nSPS) is 12.1. The molecule has 21 heavy (non-hydrogen) atoms. The minimum atomic E-state index is -4.17. The minimum Gasteiger partial charge on any atom is -0.497 e. The third-order valence-electron chi connectivity index (χ3n) is 2.77. The number of hydrogen-bond donors (Lipinski definition) is 0. The second-order valence-electron chi connectivity index (χ2n) is 4.06. The number of sulfone groups is 1. The second kappa shape index (κ2) is 5.67. The van der Waals surface area contributed by atoms with Gasteiger partial charge in [0.2, 0.25) is 9.84 Å². The molecule has 8 heteroatoms. The molecule has 2 aromatic carbocycles. The van der Waals surface area contributed by atoms with E-state index in [4.69, 9.17) is 15.4 Å². The number of methoxy groups -OCH3 is 1. The number of benzene rings is 2. The first-order chi connectivity index (χ1) is 9.76. The Balaban J connectivity index is 2.64. The maximum Gasteiger partial charge on any atom is 0.262 e. The summed E-state index contributed by atoms with van der Waals surface area (Å²) >= 11 is 0. The van der Waals surface area contributed by atoms with Crippen molar-refractivity contribution in [3.05, 3.63) is 48.5 Å². The molecule has 0 aromatic heterocycles. The molecule has 0 saturated heterocycles. The third-order valence-corrected chi connectivity index (χ3v) is 6.11. The molecule has 0 aliphatic carbocycles. The summed E-state index contributed by atoms with van der Waals surface area (Å²) in [6, 6.07) is 10.8. The molecule has 0 heterocycles. The van der Waals surface area contributed by atoms with Gasteiger partial charge in [-0.3, -0.25) is 0 Å². The van der Waals surface area contributed by atoms with Gasteiger partial charge < -0.3 is 4.74 Å². The van der Waals surface area contributed by atoms with Crippen LogP contribution in [0.2, 0.25) is 0 Å². The molecule has 0 unspecified atom stereocenters. The van der Waals surface area contributed by atoms with E-state index in [9.17, 15) is 16.8 Å². The van der Waals surface area contributed by atoms with Crippen LogP contribution >= 0.6 is 10.7 Å². The molecule has 0 amide bonds. The lowest BCUT2D eigenvalue weighted by molar-refractivity contribution is 0.414. The molecule has 112 valence electrons. The summed E-state index contributed by atoms with van der Waals surface area (Å²) < 4.78 is 53.1. The zero-order chi connectivity index (χ0) is 15.7. The predicted molar refractivity (Wildman–Crippen MR) is 77.9 cm³/mol. The van der Waals surface area contributed by atoms with Gasteiger partial charge in [-0.25, -0.2) is 16.8 Å². The van der Waals surface area contributed by atoms with E-state index in [0.717, 1.165) is 6.07 Å². The van der Waals surface area contributed by atoms with E-state index in [1.54, 1.807) is 0 Å². The monoisotopic (exact) mass is 346 g/mol. The highest BCUT2D eigenvalue weighted by atomic mass is 35.7. The van der Waals surface area contributed by atoms with Crippen molar-refractivity contribution in [3.63, 3.8) is 0 Å². The van der Waals surface area contributed by atoms with Crippen LogP contribution in [0.25, 0.3) is 0 Å². The Hall–Kier alpha value is -1.57. The fourth-order valence-corrected chi connectivity index (χ4v) is 4.84. The Morgan fingerprint density at radius 2 is 1.38 bits per heavy atom. The van der Waals surface area contributed by atoms with Crippen molar-refractivity contribution in [2.75, 3.05) is 7.11 Å². The summed E-state index contributed by atoms with van der Waals surface area (Å²) in [7, 11) is -1.42. The molecular formula is C13H11ClO5S2. The molecule has 0 aliphatic heterocycles. The molecule has 2 rings (SSSR count). The summed E-state index contributed by atoms with van der Waals surface area (Å²) in [5.41, 5.74) is 0. The van der Waals surface area contributed by atoms with Crippen LogP contribution in [0.15, 0.2) is 63.2 Å². The van der Waals surface area contributed by atoms with Gasteiger partial charge in [-0.1, -0.05) is 12.1 Å². The van der Waals surface area contributed by atoms with Crippen LogP contribution in [0, 0.1) is 0 Å². The summed E-state index contributed by atoms with van der Waals surface area (Å²) in [5.74, 6) is 0.493. The Morgan fingerprint density at radius 3 is 1.86 bits per heavy atom. The molecule has 0 radical (unpaired) electrons. The van der Waals surface area contributed by atoms with Crippen LogP contribution in [0.3, 0.4) is 0 Å². The average molecular weight is 347 g/mol. The van der Waals surface area contributed by atoms with E-state index in [2.05, 4.69) is 0 Å². The molecule has 0 aliphatic rings. The van der Waals surface area contributed by atoms with Crippen molar-refractivity contribution in [1.29, 1.82) is 0 Å². The molecule has 0 N–H and O–H groups in total. The lowest BCUT2D eigenvalue weighted by Crippen LogP contribution is -2.07. The Morgan fingerprint density at radius 1 is 0.857 bits per heavy atom. The van der Waals surface area contributed by atoms with Crippen LogP contribution in [0.1, 0.15) is 0 Å². The maximum atomic E-state index is 12.5. The molecule has 5 nitrogen and oxygen atoms in total. The van der Waals surface area contributed by atoms with Gasteiger partial charge in [-0.15, -0.1) is 0 Å². The molecule has 0 atom stereocenters. The van der Waals surface area contributed by atoms with Gasteiger partial charge in [-0.2, -0.15) is 0 Å². The number of hydrogen-bond acceptors (Lipinski definition) is 5. The van der Waals surface area contributed by atoms with E-state index < -0.39 is 23.8 Å². The summed E-state index contributed by atoms with van der Waals surface area (Å²) in [5, 5.41) is 0. The van der Waals surface area contributed by atoms with Gasteiger partial charge in [0.15, 0.2) is 0 Å². The summed E-state index contributed by atoms with van der Waals surface area (Å²) in [4.78, 5) is -0.844. The van der Waals surface area contributed by atoms with Crippen LogP contribution in [0.4, 0.5) is 0 Å². The number of ether oxygens (including phenoxy) is 1. The Bertz CT molecular complexity index is 856. The van der Waals surface area contributed by atoms with Gasteiger partial charge in [0.05, 0.1) is 16.9 Å². The highest BCUT2D eigenvalue weighted by Gasteiger charge is 2.26. The maximum absolute atomic E-state index is 12.5. The number of halogens is 1. The lowest BCUT2D eigenvalue weighted by atomic mass is 10.3. The first-order valence-electron chi connectivity index (χ1n) is 5.69. The molecule has 0 fully saturated rings. The molecular weight excluding hydrogens is 336 g/mol. The van der Waals surface area contributed by atoms with E-state index in [0.29, 0.717) is 5.75 Å². The third kappa shape index (κ3) is 3.20. The Kier molecular flexibility index (Phi) is 4.27. The fourth-order valence-electron chi connectivity index (χ4n) is 1.76. The topological polar surface area (TPSA) is 77.5 Å².